The summed E-state index contributed by atoms with van der Waals surface area (Å²) in [5.74, 6) is 0.282. The Kier molecular flexibility index (Phi) is 4.55. The second-order valence-corrected chi connectivity index (χ2v) is 4.23. The molecule has 5 heteroatoms. The number of carbonyl (C=O) groups excluding carboxylic acids is 1. The van der Waals surface area contributed by atoms with Crippen LogP contribution < -0.4 is 11.1 Å². The van der Waals surface area contributed by atoms with Gasteiger partial charge in [0.25, 0.3) is 0 Å². The molecule has 1 aromatic rings. The summed E-state index contributed by atoms with van der Waals surface area (Å²) in [6.45, 7) is 3.03. The quantitative estimate of drug-likeness (QED) is 0.758. The lowest BCUT2D eigenvalue weighted by atomic mass is 10.1. The van der Waals surface area contributed by atoms with Gasteiger partial charge in [-0.3, -0.25) is 4.79 Å². The molecule has 0 bridgehead atoms. The average Bonchev–Trinajstić information content (AvgIpc) is 2.67. The van der Waals surface area contributed by atoms with E-state index in [1.165, 1.54) is 11.3 Å². The van der Waals surface area contributed by atoms with Crippen LogP contribution in [-0.2, 0) is 11.3 Å². The highest BCUT2D eigenvalue weighted by molar-refractivity contribution is 7.09. The van der Waals surface area contributed by atoms with Crippen LogP contribution >= 0.6 is 11.3 Å². The fraction of sp³-hybridized carbons (Fsp3) is 0.556. The summed E-state index contributed by atoms with van der Waals surface area (Å²) in [6.07, 6.45) is 2.22. The lowest BCUT2D eigenvalue weighted by Crippen LogP contribution is -2.26. The molecule has 0 aliphatic rings. The molecule has 1 atom stereocenters. The highest BCUT2D eigenvalue weighted by atomic mass is 32.1. The number of hydrogen-bond donors (Lipinski definition) is 2. The van der Waals surface area contributed by atoms with Crippen molar-refractivity contribution in [2.45, 2.75) is 19.9 Å². The van der Waals surface area contributed by atoms with Crippen LogP contribution in [-0.4, -0.2) is 17.4 Å². The van der Waals surface area contributed by atoms with Gasteiger partial charge in [-0.2, -0.15) is 0 Å². The summed E-state index contributed by atoms with van der Waals surface area (Å²) >= 11 is 1.54. The largest absolute Gasteiger partial charge is 0.350 e. The first-order valence-electron chi connectivity index (χ1n) is 4.57. The fourth-order valence-electron chi connectivity index (χ4n) is 0.986. The van der Waals surface area contributed by atoms with Crippen LogP contribution in [0.4, 0.5) is 0 Å². The van der Waals surface area contributed by atoms with Crippen molar-refractivity contribution in [1.82, 2.24) is 10.3 Å². The molecule has 1 amide bonds. The summed E-state index contributed by atoms with van der Waals surface area (Å²) < 4.78 is 0. The number of thiazole rings is 1. The van der Waals surface area contributed by atoms with E-state index in [0.717, 1.165) is 5.01 Å². The molecule has 0 aliphatic carbocycles. The van der Waals surface area contributed by atoms with Crippen molar-refractivity contribution in [2.75, 3.05) is 6.54 Å². The Balaban J connectivity index is 2.22. The smallest absolute Gasteiger partial charge is 0.220 e. The van der Waals surface area contributed by atoms with E-state index in [1.807, 2.05) is 12.3 Å². The fourth-order valence-corrected chi connectivity index (χ4v) is 1.54. The van der Waals surface area contributed by atoms with Gasteiger partial charge in [0.1, 0.15) is 5.01 Å². The topological polar surface area (TPSA) is 68.0 Å². The molecule has 0 saturated carbocycles. The van der Waals surface area contributed by atoms with Gasteiger partial charge in [0.15, 0.2) is 0 Å². The molecular weight excluding hydrogens is 198 g/mol. The first-order chi connectivity index (χ1) is 6.72. The number of rotatable bonds is 5. The number of hydrogen-bond acceptors (Lipinski definition) is 4. The number of nitrogens with one attached hydrogen (secondary N) is 1. The molecule has 78 valence electrons. The van der Waals surface area contributed by atoms with Gasteiger partial charge >= 0.3 is 0 Å². The minimum Gasteiger partial charge on any atom is -0.350 e. The first-order valence-corrected chi connectivity index (χ1v) is 5.45. The van der Waals surface area contributed by atoms with Crippen molar-refractivity contribution in [3.05, 3.63) is 16.6 Å². The molecule has 4 nitrogen and oxygen atoms in total. The molecule has 3 N–H and O–H groups in total. The molecule has 0 saturated heterocycles. The Bertz CT molecular complexity index is 274. The Morgan fingerprint density at radius 2 is 2.57 bits per heavy atom. The van der Waals surface area contributed by atoms with E-state index in [9.17, 15) is 4.79 Å². The molecule has 1 aromatic heterocycles. The van der Waals surface area contributed by atoms with Gasteiger partial charge in [-0.1, -0.05) is 6.92 Å². The second-order valence-electron chi connectivity index (χ2n) is 3.25. The van der Waals surface area contributed by atoms with E-state index in [2.05, 4.69) is 10.3 Å². The number of amides is 1. The van der Waals surface area contributed by atoms with E-state index in [0.29, 0.717) is 19.5 Å². The minimum atomic E-state index is 0.0400. The molecular formula is C9H15N3OS. The molecule has 1 heterocycles. The lowest BCUT2D eigenvalue weighted by molar-refractivity contribution is -0.122. The van der Waals surface area contributed by atoms with Crippen molar-refractivity contribution in [2.24, 2.45) is 11.7 Å². The predicted molar refractivity (Wildman–Crippen MR) is 56.8 cm³/mol. The third-order valence-electron chi connectivity index (χ3n) is 1.86. The van der Waals surface area contributed by atoms with Crippen LogP contribution in [0.25, 0.3) is 0 Å². The van der Waals surface area contributed by atoms with Gasteiger partial charge in [-0.15, -0.1) is 11.3 Å². The summed E-state index contributed by atoms with van der Waals surface area (Å²) in [5, 5.41) is 5.63. The zero-order valence-corrected chi connectivity index (χ0v) is 9.01. The number of nitrogens with two attached hydrogens (primary N) is 1. The summed E-state index contributed by atoms with van der Waals surface area (Å²) in [7, 11) is 0. The van der Waals surface area contributed by atoms with Gasteiger partial charge in [0.05, 0.1) is 6.54 Å². The van der Waals surface area contributed by atoms with Crippen LogP contribution in [0, 0.1) is 5.92 Å². The van der Waals surface area contributed by atoms with Crippen molar-refractivity contribution in [3.63, 3.8) is 0 Å². The Morgan fingerprint density at radius 3 is 3.14 bits per heavy atom. The van der Waals surface area contributed by atoms with E-state index in [-0.39, 0.29) is 11.8 Å². The minimum absolute atomic E-state index is 0.0400. The monoisotopic (exact) mass is 213 g/mol. The summed E-state index contributed by atoms with van der Waals surface area (Å²) in [5.41, 5.74) is 5.42. The third-order valence-corrected chi connectivity index (χ3v) is 2.64. The predicted octanol–water partition coefficient (Wildman–Crippen LogP) is 0.744. The van der Waals surface area contributed by atoms with E-state index in [1.54, 1.807) is 6.20 Å². The number of nitrogens with zero attached hydrogens (tertiary/aromatic N) is 1. The maximum absolute atomic E-state index is 11.3. The highest BCUT2D eigenvalue weighted by Gasteiger charge is 2.07. The molecule has 0 radical (unpaired) electrons. The Hall–Kier alpha value is -0.940. The van der Waals surface area contributed by atoms with Gasteiger partial charge < -0.3 is 11.1 Å². The van der Waals surface area contributed by atoms with Crippen LogP contribution in [0.15, 0.2) is 11.6 Å². The van der Waals surface area contributed by atoms with Gasteiger partial charge in [0, 0.05) is 18.0 Å². The molecule has 1 unspecified atom stereocenters. The standard InChI is InChI=1S/C9H15N3OS/c1-7(5-10)4-8(13)12-6-9-11-2-3-14-9/h2-3,7H,4-6,10H2,1H3,(H,12,13). The van der Waals surface area contributed by atoms with Gasteiger partial charge in [0.2, 0.25) is 5.91 Å². The van der Waals surface area contributed by atoms with Gasteiger partial charge in [-0.25, -0.2) is 4.98 Å². The normalized spacial score (nSPS) is 12.4. The lowest BCUT2D eigenvalue weighted by Gasteiger charge is -2.07. The number of aromatic nitrogens is 1. The maximum atomic E-state index is 11.3. The molecule has 1 rings (SSSR count). The van der Waals surface area contributed by atoms with Crippen molar-refractivity contribution < 1.29 is 4.79 Å². The van der Waals surface area contributed by atoms with Crippen molar-refractivity contribution in [1.29, 1.82) is 0 Å². The van der Waals surface area contributed by atoms with E-state index >= 15 is 0 Å². The van der Waals surface area contributed by atoms with Gasteiger partial charge in [-0.05, 0) is 12.5 Å². The van der Waals surface area contributed by atoms with Crippen LogP contribution in [0.2, 0.25) is 0 Å². The Morgan fingerprint density at radius 1 is 1.79 bits per heavy atom. The maximum Gasteiger partial charge on any atom is 0.220 e. The summed E-state index contributed by atoms with van der Waals surface area (Å²) in [6, 6.07) is 0. The molecule has 0 aliphatic heterocycles. The Labute approximate surface area is 87.5 Å². The average molecular weight is 213 g/mol. The first kappa shape index (κ1) is 11.1. The highest BCUT2D eigenvalue weighted by Crippen LogP contribution is 2.03. The third kappa shape index (κ3) is 3.85. The van der Waals surface area contributed by atoms with Crippen molar-refractivity contribution >= 4 is 17.2 Å². The van der Waals surface area contributed by atoms with Crippen LogP contribution in [0.1, 0.15) is 18.4 Å². The van der Waals surface area contributed by atoms with E-state index in [4.69, 9.17) is 5.73 Å². The van der Waals surface area contributed by atoms with Crippen LogP contribution in [0.5, 0.6) is 0 Å². The molecule has 0 aromatic carbocycles. The van der Waals surface area contributed by atoms with E-state index < -0.39 is 0 Å². The van der Waals surface area contributed by atoms with Crippen molar-refractivity contribution in [3.8, 4) is 0 Å². The SMILES string of the molecule is CC(CN)CC(=O)NCc1nccs1. The molecule has 14 heavy (non-hydrogen) atoms. The molecule has 0 fully saturated rings. The zero-order chi connectivity index (χ0) is 10.4. The number of carbonyl (C=O) groups is 1. The summed E-state index contributed by atoms with van der Waals surface area (Å²) in [4.78, 5) is 15.4. The zero-order valence-electron chi connectivity index (χ0n) is 8.19. The molecule has 0 spiro atoms. The van der Waals surface area contributed by atoms with Crippen LogP contribution in [0.3, 0.4) is 0 Å². The second kappa shape index (κ2) is 5.72.